The summed E-state index contributed by atoms with van der Waals surface area (Å²) < 4.78 is 39.4. The summed E-state index contributed by atoms with van der Waals surface area (Å²) in [4.78, 5) is 12.0. The first-order chi connectivity index (χ1) is 14.4. The molecule has 0 radical (unpaired) electrons. The van der Waals surface area contributed by atoms with Crippen molar-refractivity contribution in [2.24, 2.45) is 0 Å². The number of benzene rings is 2. The average molecular weight is 476 g/mol. The number of hydrogen-bond donors (Lipinski definition) is 1. The van der Waals surface area contributed by atoms with Crippen molar-refractivity contribution in [1.82, 2.24) is 10.2 Å². The van der Waals surface area contributed by atoms with Crippen LogP contribution >= 0.6 is 35.0 Å². The number of aromatic nitrogens is 2. The van der Waals surface area contributed by atoms with Gasteiger partial charge in [0.2, 0.25) is 5.91 Å². The van der Waals surface area contributed by atoms with Gasteiger partial charge in [0.15, 0.2) is 6.61 Å². The number of carbonyl (C=O) groups is 1. The highest BCUT2D eigenvalue weighted by Crippen LogP contribution is 2.28. The smallest absolute Gasteiger partial charge is 0.387 e. The molecule has 0 aliphatic rings. The van der Waals surface area contributed by atoms with Gasteiger partial charge in [0.1, 0.15) is 11.5 Å². The molecule has 0 aliphatic carbocycles. The monoisotopic (exact) mass is 475 g/mol. The SMILES string of the molecule is O=C(CSc1nnc(COc2ccc(Cl)cc2Cl)o1)Nc1ccc(OC(F)F)cc1. The minimum Gasteiger partial charge on any atom is -0.482 e. The van der Waals surface area contributed by atoms with Crippen molar-refractivity contribution in [1.29, 1.82) is 0 Å². The lowest BCUT2D eigenvalue weighted by atomic mass is 10.3. The molecular weight excluding hydrogens is 463 g/mol. The van der Waals surface area contributed by atoms with Gasteiger partial charge in [-0.25, -0.2) is 0 Å². The minimum absolute atomic E-state index is 0.000782. The topological polar surface area (TPSA) is 86.5 Å². The molecule has 0 fully saturated rings. The molecule has 0 saturated carbocycles. The Hall–Kier alpha value is -2.56. The standard InChI is InChI=1S/C18H13Cl2F2N3O4S/c19-10-1-6-14(13(20)7-10)27-8-16-24-25-18(29-16)30-9-15(26)23-11-2-4-12(5-3-11)28-17(21)22/h1-7,17H,8-9H2,(H,23,26). The number of anilines is 1. The van der Waals surface area contributed by atoms with Crippen molar-refractivity contribution in [3.63, 3.8) is 0 Å². The lowest BCUT2D eigenvalue weighted by molar-refractivity contribution is -0.113. The number of amides is 1. The van der Waals surface area contributed by atoms with Gasteiger partial charge >= 0.3 is 6.61 Å². The Balaban J connectivity index is 1.44. The van der Waals surface area contributed by atoms with Crippen LogP contribution in [0.4, 0.5) is 14.5 Å². The van der Waals surface area contributed by atoms with Crippen molar-refractivity contribution in [2.75, 3.05) is 11.1 Å². The Labute approximate surface area is 183 Å². The molecule has 12 heteroatoms. The zero-order chi connectivity index (χ0) is 21.5. The molecular formula is C18H13Cl2F2N3O4S. The lowest BCUT2D eigenvalue weighted by Crippen LogP contribution is -2.14. The predicted molar refractivity (Wildman–Crippen MR) is 108 cm³/mol. The Morgan fingerprint density at radius 3 is 2.63 bits per heavy atom. The summed E-state index contributed by atoms with van der Waals surface area (Å²) in [6.45, 7) is -2.91. The second kappa shape index (κ2) is 10.5. The fourth-order valence-corrected chi connectivity index (χ4v) is 3.17. The van der Waals surface area contributed by atoms with E-state index in [1.165, 1.54) is 24.3 Å². The van der Waals surface area contributed by atoms with Crippen molar-refractivity contribution in [3.05, 3.63) is 58.4 Å². The zero-order valence-corrected chi connectivity index (χ0v) is 17.3. The highest BCUT2D eigenvalue weighted by molar-refractivity contribution is 7.99. The molecule has 3 aromatic rings. The normalized spacial score (nSPS) is 10.8. The first-order valence-electron chi connectivity index (χ1n) is 8.27. The number of rotatable bonds is 9. The van der Waals surface area contributed by atoms with E-state index >= 15 is 0 Å². The van der Waals surface area contributed by atoms with E-state index in [2.05, 4.69) is 20.3 Å². The van der Waals surface area contributed by atoms with Gasteiger partial charge in [-0.3, -0.25) is 4.79 Å². The van der Waals surface area contributed by atoms with Crippen LogP contribution in [-0.2, 0) is 11.4 Å². The number of ether oxygens (including phenoxy) is 2. The van der Waals surface area contributed by atoms with E-state index < -0.39 is 6.61 Å². The lowest BCUT2D eigenvalue weighted by Gasteiger charge is -2.07. The van der Waals surface area contributed by atoms with Gasteiger partial charge in [-0.1, -0.05) is 35.0 Å². The van der Waals surface area contributed by atoms with E-state index in [0.29, 0.717) is 21.5 Å². The summed E-state index contributed by atoms with van der Waals surface area (Å²) in [6, 6.07) is 10.3. The molecule has 158 valence electrons. The highest BCUT2D eigenvalue weighted by atomic mass is 35.5. The van der Waals surface area contributed by atoms with Crippen LogP contribution in [0.5, 0.6) is 11.5 Å². The summed E-state index contributed by atoms with van der Waals surface area (Å²) in [5, 5.41) is 11.3. The maximum Gasteiger partial charge on any atom is 0.387 e. The molecule has 0 atom stereocenters. The number of hydrogen-bond acceptors (Lipinski definition) is 7. The predicted octanol–water partition coefficient (Wildman–Crippen LogP) is 5.29. The molecule has 1 N–H and O–H groups in total. The molecule has 0 aliphatic heterocycles. The molecule has 1 heterocycles. The highest BCUT2D eigenvalue weighted by Gasteiger charge is 2.12. The second-order valence-corrected chi connectivity index (χ2v) is 7.34. The maximum absolute atomic E-state index is 12.1. The third-order valence-corrected chi connectivity index (χ3v) is 4.73. The molecule has 0 spiro atoms. The van der Waals surface area contributed by atoms with Crippen molar-refractivity contribution < 1.29 is 27.5 Å². The van der Waals surface area contributed by atoms with E-state index in [1.54, 1.807) is 18.2 Å². The second-order valence-electron chi connectivity index (χ2n) is 5.56. The summed E-state index contributed by atoms with van der Waals surface area (Å²) in [6.07, 6.45) is 0. The third kappa shape index (κ3) is 6.75. The van der Waals surface area contributed by atoms with Gasteiger partial charge in [0, 0.05) is 10.7 Å². The quantitative estimate of drug-likeness (QED) is 0.420. The van der Waals surface area contributed by atoms with Gasteiger partial charge in [-0.2, -0.15) is 8.78 Å². The number of carbonyl (C=O) groups excluding carboxylic acids is 1. The number of thioether (sulfide) groups is 1. The van der Waals surface area contributed by atoms with Crippen LogP contribution in [-0.4, -0.2) is 28.5 Å². The Morgan fingerprint density at radius 1 is 1.17 bits per heavy atom. The number of nitrogens with one attached hydrogen (secondary N) is 1. The molecule has 0 bridgehead atoms. The van der Waals surface area contributed by atoms with E-state index in [9.17, 15) is 13.6 Å². The van der Waals surface area contributed by atoms with Gasteiger partial charge in [-0.15, -0.1) is 10.2 Å². The maximum atomic E-state index is 12.1. The Morgan fingerprint density at radius 2 is 1.93 bits per heavy atom. The van der Waals surface area contributed by atoms with E-state index in [4.69, 9.17) is 32.4 Å². The van der Waals surface area contributed by atoms with Crippen LogP contribution in [0.15, 0.2) is 52.1 Å². The van der Waals surface area contributed by atoms with Crippen molar-refractivity contribution in [2.45, 2.75) is 18.4 Å². The Bertz CT molecular complexity index is 1010. The van der Waals surface area contributed by atoms with Crippen LogP contribution < -0.4 is 14.8 Å². The van der Waals surface area contributed by atoms with Crippen LogP contribution in [0, 0.1) is 0 Å². The van der Waals surface area contributed by atoms with Crippen LogP contribution in [0.3, 0.4) is 0 Å². The number of halogens is 4. The molecule has 1 amide bonds. The van der Waals surface area contributed by atoms with Crippen LogP contribution in [0.1, 0.15) is 5.89 Å². The van der Waals surface area contributed by atoms with E-state index in [0.717, 1.165) is 11.8 Å². The fraction of sp³-hybridized carbons (Fsp3) is 0.167. The minimum atomic E-state index is -2.91. The molecule has 2 aromatic carbocycles. The average Bonchev–Trinajstić information content (AvgIpc) is 3.15. The van der Waals surface area contributed by atoms with Crippen LogP contribution in [0.25, 0.3) is 0 Å². The van der Waals surface area contributed by atoms with Crippen molar-refractivity contribution >= 4 is 46.6 Å². The first kappa shape index (κ1) is 22.1. The van der Waals surface area contributed by atoms with Crippen LogP contribution in [0.2, 0.25) is 10.0 Å². The first-order valence-corrected chi connectivity index (χ1v) is 10.0. The molecule has 3 rings (SSSR count). The summed E-state index contributed by atoms with van der Waals surface area (Å²) in [7, 11) is 0. The molecule has 7 nitrogen and oxygen atoms in total. The fourth-order valence-electron chi connectivity index (χ4n) is 2.13. The summed E-state index contributed by atoms with van der Waals surface area (Å²) in [5.41, 5.74) is 0.432. The molecule has 1 aromatic heterocycles. The number of alkyl halides is 2. The van der Waals surface area contributed by atoms with Gasteiger partial charge in [0.25, 0.3) is 11.1 Å². The van der Waals surface area contributed by atoms with E-state index in [-0.39, 0.29) is 35.1 Å². The van der Waals surface area contributed by atoms with Gasteiger partial charge in [-0.05, 0) is 42.5 Å². The molecule has 0 unspecified atom stereocenters. The zero-order valence-electron chi connectivity index (χ0n) is 15.0. The Kier molecular flexibility index (Phi) is 7.72. The number of nitrogens with zero attached hydrogens (tertiary/aromatic N) is 2. The van der Waals surface area contributed by atoms with E-state index in [1.807, 2.05) is 0 Å². The van der Waals surface area contributed by atoms with Crippen molar-refractivity contribution in [3.8, 4) is 11.5 Å². The van der Waals surface area contributed by atoms with Gasteiger partial charge < -0.3 is 19.2 Å². The summed E-state index contributed by atoms with van der Waals surface area (Å²) in [5.74, 6) is 0.279. The molecule has 30 heavy (non-hydrogen) atoms. The van der Waals surface area contributed by atoms with Gasteiger partial charge in [0.05, 0.1) is 10.8 Å². The summed E-state index contributed by atoms with van der Waals surface area (Å²) >= 11 is 12.9. The largest absolute Gasteiger partial charge is 0.482 e. The molecule has 0 saturated heterocycles. The third-order valence-electron chi connectivity index (χ3n) is 3.38.